The van der Waals surface area contributed by atoms with Gasteiger partial charge in [0.1, 0.15) is 11.4 Å². The number of fused-ring (bicyclic) bond motifs is 2. The average Bonchev–Trinajstić information content (AvgIpc) is 3.39. The summed E-state index contributed by atoms with van der Waals surface area (Å²) in [5.41, 5.74) is -1.92. The van der Waals surface area contributed by atoms with E-state index in [4.69, 9.17) is 9.47 Å². The van der Waals surface area contributed by atoms with Crippen molar-refractivity contribution in [1.29, 1.82) is 0 Å². The maximum atomic E-state index is 13.4. The van der Waals surface area contributed by atoms with Gasteiger partial charge in [0.15, 0.2) is 5.60 Å². The monoisotopic (exact) mass is 432 g/mol. The van der Waals surface area contributed by atoms with Gasteiger partial charge in [0, 0.05) is 24.7 Å². The van der Waals surface area contributed by atoms with Gasteiger partial charge in [-0.05, 0) is 36.6 Å². The second-order valence-corrected chi connectivity index (χ2v) is 8.28. The second-order valence-electron chi connectivity index (χ2n) is 8.28. The van der Waals surface area contributed by atoms with Crippen molar-refractivity contribution in [3.63, 3.8) is 0 Å². The maximum Gasteiger partial charge on any atom is 0.433 e. The number of amides is 1. The third-order valence-electron chi connectivity index (χ3n) is 6.51. The number of benzene rings is 1. The molecule has 1 aromatic carbocycles. The highest BCUT2D eigenvalue weighted by atomic mass is 19.4. The molecule has 1 aromatic heterocycles. The Morgan fingerprint density at radius 2 is 1.90 bits per heavy atom. The van der Waals surface area contributed by atoms with Gasteiger partial charge in [0.25, 0.3) is 0 Å². The van der Waals surface area contributed by atoms with E-state index in [2.05, 4.69) is 4.98 Å². The van der Waals surface area contributed by atoms with Crippen molar-refractivity contribution in [3.05, 3.63) is 58.9 Å². The zero-order chi connectivity index (χ0) is 22.0. The number of carbonyl (C=O) groups excluding carboxylic acids is 2. The van der Waals surface area contributed by atoms with Crippen molar-refractivity contribution < 1.29 is 32.2 Å². The van der Waals surface area contributed by atoms with E-state index >= 15 is 0 Å². The summed E-state index contributed by atoms with van der Waals surface area (Å²) >= 11 is 0. The third-order valence-corrected chi connectivity index (χ3v) is 6.51. The number of hydrogen-bond donors (Lipinski definition) is 0. The Morgan fingerprint density at radius 3 is 2.52 bits per heavy atom. The van der Waals surface area contributed by atoms with E-state index in [1.165, 1.54) is 0 Å². The molecule has 6 nitrogen and oxygen atoms in total. The summed E-state index contributed by atoms with van der Waals surface area (Å²) < 4.78 is 50.2. The van der Waals surface area contributed by atoms with Crippen LogP contribution in [0.2, 0.25) is 0 Å². The number of rotatable bonds is 3. The van der Waals surface area contributed by atoms with Gasteiger partial charge in [0.2, 0.25) is 5.91 Å². The minimum absolute atomic E-state index is 0.0265. The first-order chi connectivity index (χ1) is 14.7. The van der Waals surface area contributed by atoms with Crippen molar-refractivity contribution in [3.8, 4) is 5.75 Å². The topological polar surface area (TPSA) is 68.7 Å². The van der Waals surface area contributed by atoms with Crippen molar-refractivity contribution in [2.75, 3.05) is 20.2 Å². The maximum absolute atomic E-state index is 13.4. The quantitative estimate of drug-likeness (QED) is 0.696. The molecular formula is C22H19F3N2O4. The standard InChI is InChI=1S/C22H19F3N2O4/c1-30-14-4-2-13(3-5-14)20(6-7-20)19(29)27-9-8-21(12-27)16-10-17(22(23,24)25)26-11-15(16)18(28)31-21/h2-5,10-11H,6-9,12H2,1H3. The largest absolute Gasteiger partial charge is 0.497 e. The Morgan fingerprint density at radius 1 is 1.19 bits per heavy atom. The molecule has 0 radical (unpaired) electrons. The number of alkyl halides is 3. The van der Waals surface area contributed by atoms with E-state index < -0.39 is 28.9 Å². The van der Waals surface area contributed by atoms with Crippen molar-refractivity contribution >= 4 is 11.9 Å². The molecule has 1 spiro atoms. The zero-order valence-electron chi connectivity index (χ0n) is 16.7. The molecule has 0 N–H and O–H groups in total. The number of ether oxygens (including phenoxy) is 2. The summed E-state index contributed by atoms with van der Waals surface area (Å²) in [4.78, 5) is 30.7. The molecule has 1 amide bonds. The number of halogens is 3. The van der Waals surface area contributed by atoms with Gasteiger partial charge < -0.3 is 14.4 Å². The summed E-state index contributed by atoms with van der Waals surface area (Å²) in [6.07, 6.45) is -2.08. The van der Waals surface area contributed by atoms with Gasteiger partial charge in [-0.2, -0.15) is 13.2 Å². The van der Waals surface area contributed by atoms with Gasteiger partial charge in [-0.1, -0.05) is 12.1 Å². The van der Waals surface area contributed by atoms with E-state index in [1.54, 1.807) is 24.1 Å². The highest BCUT2D eigenvalue weighted by Crippen LogP contribution is 2.52. The van der Waals surface area contributed by atoms with Crippen LogP contribution in [0.15, 0.2) is 36.5 Å². The predicted molar refractivity (Wildman–Crippen MR) is 101 cm³/mol. The number of aromatic nitrogens is 1. The van der Waals surface area contributed by atoms with Crippen LogP contribution in [0.3, 0.4) is 0 Å². The first kappa shape index (κ1) is 19.8. The molecule has 31 heavy (non-hydrogen) atoms. The van der Waals surface area contributed by atoms with Crippen molar-refractivity contribution in [2.24, 2.45) is 0 Å². The molecule has 162 valence electrons. The smallest absolute Gasteiger partial charge is 0.433 e. The van der Waals surface area contributed by atoms with Crippen LogP contribution in [-0.2, 0) is 26.7 Å². The van der Waals surface area contributed by atoms with Gasteiger partial charge in [-0.3, -0.25) is 9.78 Å². The van der Waals surface area contributed by atoms with E-state index in [9.17, 15) is 22.8 Å². The fourth-order valence-electron chi connectivity index (χ4n) is 4.66. The lowest BCUT2D eigenvalue weighted by Gasteiger charge is -2.27. The van der Waals surface area contributed by atoms with Gasteiger partial charge in [-0.15, -0.1) is 0 Å². The number of hydrogen-bond acceptors (Lipinski definition) is 5. The normalized spacial score (nSPS) is 23.6. The van der Waals surface area contributed by atoms with Crippen LogP contribution in [0.1, 0.15) is 46.4 Å². The Bertz CT molecular complexity index is 1080. The number of esters is 1. The third kappa shape index (κ3) is 2.97. The molecule has 1 saturated carbocycles. The Kier molecular flexibility index (Phi) is 4.13. The number of carbonyl (C=O) groups is 2. The zero-order valence-corrected chi connectivity index (χ0v) is 16.7. The molecule has 0 bridgehead atoms. The molecule has 2 aromatic rings. The highest BCUT2D eigenvalue weighted by Gasteiger charge is 2.58. The van der Waals surface area contributed by atoms with Gasteiger partial charge >= 0.3 is 12.1 Å². The van der Waals surface area contributed by atoms with Crippen LogP contribution in [0.25, 0.3) is 0 Å². The first-order valence-corrected chi connectivity index (χ1v) is 9.94. The molecule has 1 unspecified atom stereocenters. The Labute approximate surface area is 176 Å². The summed E-state index contributed by atoms with van der Waals surface area (Å²) in [5.74, 6) is -0.110. The second kappa shape index (κ2) is 6.45. The fraction of sp³-hybridized carbons (Fsp3) is 0.409. The van der Waals surface area contributed by atoms with Crippen LogP contribution in [0.5, 0.6) is 5.75 Å². The van der Waals surface area contributed by atoms with Crippen molar-refractivity contribution in [2.45, 2.75) is 36.5 Å². The van der Waals surface area contributed by atoms with Gasteiger partial charge in [0.05, 0.1) is 24.6 Å². The molecule has 3 aliphatic rings. The molecular weight excluding hydrogens is 413 g/mol. The van der Waals surface area contributed by atoms with E-state index in [-0.39, 0.29) is 30.0 Å². The van der Waals surface area contributed by atoms with Crippen LogP contribution in [-0.4, -0.2) is 42.0 Å². The SMILES string of the molecule is COc1ccc(C2(C(=O)N3CCC4(C3)OC(=O)c3cnc(C(F)(F)F)cc34)CC2)cc1. The highest BCUT2D eigenvalue weighted by molar-refractivity contribution is 5.95. The van der Waals surface area contributed by atoms with E-state index in [0.29, 0.717) is 25.1 Å². The summed E-state index contributed by atoms with van der Waals surface area (Å²) in [7, 11) is 1.57. The first-order valence-electron chi connectivity index (χ1n) is 9.94. The lowest BCUT2D eigenvalue weighted by molar-refractivity contribution is -0.141. The Balaban J connectivity index is 1.43. The molecule has 1 saturated heterocycles. The lowest BCUT2D eigenvalue weighted by Crippen LogP contribution is -2.40. The minimum atomic E-state index is -4.64. The minimum Gasteiger partial charge on any atom is -0.497 e. The van der Waals surface area contributed by atoms with E-state index in [1.807, 2.05) is 12.1 Å². The molecule has 9 heteroatoms. The van der Waals surface area contributed by atoms with Crippen molar-refractivity contribution in [1.82, 2.24) is 9.88 Å². The number of pyridine rings is 1. The number of likely N-dealkylation sites (tertiary alicyclic amines) is 1. The van der Waals surface area contributed by atoms with Crippen LogP contribution >= 0.6 is 0 Å². The molecule has 1 atom stereocenters. The molecule has 3 heterocycles. The van der Waals surface area contributed by atoms with Crippen LogP contribution in [0, 0.1) is 0 Å². The molecule has 1 aliphatic carbocycles. The predicted octanol–water partition coefficient (Wildman–Crippen LogP) is 3.44. The number of methoxy groups -OCH3 is 1. The molecule has 2 fully saturated rings. The van der Waals surface area contributed by atoms with Crippen LogP contribution < -0.4 is 4.74 Å². The number of nitrogens with zero attached hydrogens (tertiary/aromatic N) is 2. The molecule has 5 rings (SSSR count). The Hall–Kier alpha value is -3.10. The summed E-state index contributed by atoms with van der Waals surface area (Å²) in [6, 6.07) is 8.21. The van der Waals surface area contributed by atoms with Crippen LogP contribution in [0.4, 0.5) is 13.2 Å². The van der Waals surface area contributed by atoms with E-state index in [0.717, 1.165) is 17.8 Å². The summed E-state index contributed by atoms with van der Waals surface area (Å²) in [6.45, 7) is 0.330. The lowest BCUT2D eigenvalue weighted by atomic mass is 9.91. The molecule has 2 aliphatic heterocycles. The fourth-order valence-corrected chi connectivity index (χ4v) is 4.66. The van der Waals surface area contributed by atoms with Gasteiger partial charge in [-0.25, -0.2) is 4.79 Å². The average molecular weight is 432 g/mol. The summed E-state index contributed by atoms with van der Waals surface area (Å²) in [5, 5.41) is 0.